The van der Waals surface area contributed by atoms with Crippen LogP contribution in [0.15, 0.2) is 42.0 Å². The third-order valence-corrected chi connectivity index (χ3v) is 5.35. The summed E-state index contributed by atoms with van der Waals surface area (Å²) in [4.78, 5) is 22.3. The standard InChI is InChI=1S/C24H35NO3/c25-23(26)19-13-7-11-17-21-22(28-24(21)27)18-12-5-3-1-2-4-8-14-20-15-9-6-10-16-20/h6,9-10,15-17,22H,1-5,7-8,11-14,18-19H2,(H2,25,26). The second kappa shape index (κ2) is 13.1. The van der Waals surface area contributed by atoms with E-state index in [-0.39, 0.29) is 18.0 Å². The van der Waals surface area contributed by atoms with Gasteiger partial charge in [0.15, 0.2) is 0 Å². The number of unbranched alkanes of at least 4 members (excludes halogenated alkanes) is 8. The van der Waals surface area contributed by atoms with Crippen molar-refractivity contribution >= 4 is 11.9 Å². The van der Waals surface area contributed by atoms with E-state index < -0.39 is 0 Å². The van der Waals surface area contributed by atoms with Crippen LogP contribution in [0.2, 0.25) is 0 Å². The zero-order valence-corrected chi connectivity index (χ0v) is 17.0. The van der Waals surface area contributed by atoms with E-state index in [1.165, 1.54) is 50.5 Å². The minimum absolute atomic E-state index is 0.00508. The maximum absolute atomic E-state index is 11.6. The highest BCUT2D eigenvalue weighted by molar-refractivity contribution is 5.95. The van der Waals surface area contributed by atoms with Gasteiger partial charge in [-0.1, -0.05) is 68.5 Å². The van der Waals surface area contributed by atoms with Gasteiger partial charge in [0.05, 0.1) is 5.57 Å². The van der Waals surface area contributed by atoms with E-state index >= 15 is 0 Å². The maximum Gasteiger partial charge on any atom is 0.338 e. The molecule has 0 bridgehead atoms. The number of aryl methyl sites for hydroxylation is 1. The quantitative estimate of drug-likeness (QED) is 0.255. The summed E-state index contributed by atoms with van der Waals surface area (Å²) in [5.74, 6) is -0.428. The minimum Gasteiger partial charge on any atom is -0.454 e. The van der Waals surface area contributed by atoms with Crippen molar-refractivity contribution in [1.29, 1.82) is 0 Å². The Kier molecular flexibility index (Phi) is 10.4. The molecule has 1 heterocycles. The molecule has 0 aliphatic carbocycles. The fourth-order valence-electron chi connectivity index (χ4n) is 3.65. The number of primary amides is 1. The number of amides is 1. The molecule has 1 fully saturated rings. The number of rotatable bonds is 15. The van der Waals surface area contributed by atoms with Crippen molar-refractivity contribution in [3.8, 4) is 0 Å². The molecule has 4 heteroatoms. The molecule has 1 aliphatic rings. The lowest BCUT2D eigenvalue weighted by molar-refractivity contribution is -0.156. The number of allylic oxidation sites excluding steroid dienone is 1. The minimum atomic E-state index is -0.259. The Morgan fingerprint density at radius 1 is 0.929 bits per heavy atom. The topological polar surface area (TPSA) is 69.4 Å². The number of carbonyl (C=O) groups excluding carboxylic acids is 2. The van der Waals surface area contributed by atoms with Gasteiger partial charge in [0, 0.05) is 6.42 Å². The molecule has 28 heavy (non-hydrogen) atoms. The van der Waals surface area contributed by atoms with E-state index in [1.807, 2.05) is 6.08 Å². The molecule has 1 unspecified atom stereocenters. The predicted octanol–water partition coefficient (Wildman–Crippen LogP) is 5.25. The summed E-state index contributed by atoms with van der Waals surface area (Å²) < 4.78 is 5.27. The molecule has 1 atom stereocenters. The van der Waals surface area contributed by atoms with Gasteiger partial charge in [-0.2, -0.15) is 0 Å². The summed E-state index contributed by atoms with van der Waals surface area (Å²) in [5.41, 5.74) is 7.40. The van der Waals surface area contributed by atoms with Crippen LogP contribution in [0.3, 0.4) is 0 Å². The van der Waals surface area contributed by atoms with Gasteiger partial charge in [0.25, 0.3) is 0 Å². The first-order valence-electron chi connectivity index (χ1n) is 10.9. The molecule has 1 aromatic rings. The Bertz CT molecular complexity index is 624. The van der Waals surface area contributed by atoms with Crippen LogP contribution in [-0.4, -0.2) is 18.0 Å². The van der Waals surface area contributed by atoms with Crippen LogP contribution < -0.4 is 5.73 Å². The Labute approximate surface area is 169 Å². The number of ether oxygens (including phenoxy) is 1. The summed E-state index contributed by atoms with van der Waals surface area (Å²) in [6.45, 7) is 0. The van der Waals surface area contributed by atoms with Crippen LogP contribution in [0.25, 0.3) is 0 Å². The van der Waals surface area contributed by atoms with E-state index in [4.69, 9.17) is 10.5 Å². The third kappa shape index (κ3) is 8.73. The average molecular weight is 386 g/mol. The van der Waals surface area contributed by atoms with Gasteiger partial charge in [0.2, 0.25) is 5.91 Å². The van der Waals surface area contributed by atoms with Gasteiger partial charge in [0.1, 0.15) is 6.10 Å². The molecule has 2 rings (SSSR count). The van der Waals surface area contributed by atoms with Gasteiger partial charge >= 0.3 is 5.97 Å². The zero-order valence-electron chi connectivity index (χ0n) is 17.0. The molecule has 1 aromatic carbocycles. The molecule has 1 saturated heterocycles. The molecule has 0 spiro atoms. The molecular formula is C24H35NO3. The Hall–Kier alpha value is -2.10. The lowest BCUT2D eigenvalue weighted by atomic mass is 9.96. The molecule has 0 saturated carbocycles. The number of benzene rings is 1. The Morgan fingerprint density at radius 2 is 1.61 bits per heavy atom. The van der Waals surface area contributed by atoms with Crippen LogP contribution in [0.1, 0.15) is 82.6 Å². The van der Waals surface area contributed by atoms with Crippen LogP contribution in [0.5, 0.6) is 0 Å². The number of esters is 1. The first kappa shape index (κ1) is 22.2. The fourth-order valence-corrected chi connectivity index (χ4v) is 3.65. The second-order valence-corrected chi connectivity index (χ2v) is 7.76. The first-order valence-corrected chi connectivity index (χ1v) is 10.9. The predicted molar refractivity (Wildman–Crippen MR) is 113 cm³/mol. The molecule has 0 aromatic heterocycles. The first-order chi connectivity index (χ1) is 13.7. The summed E-state index contributed by atoms with van der Waals surface area (Å²) in [6, 6.07) is 10.7. The van der Waals surface area contributed by atoms with E-state index in [0.717, 1.165) is 37.7 Å². The van der Waals surface area contributed by atoms with Crippen molar-refractivity contribution < 1.29 is 14.3 Å². The van der Waals surface area contributed by atoms with Gasteiger partial charge in [-0.3, -0.25) is 4.79 Å². The molecular weight excluding hydrogens is 350 g/mol. The Morgan fingerprint density at radius 3 is 2.29 bits per heavy atom. The lowest BCUT2D eigenvalue weighted by Crippen LogP contribution is -2.36. The maximum atomic E-state index is 11.6. The number of hydrogen-bond donors (Lipinski definition) is 1. The number of cyclic esters (lactones) is 1. The molecule has 1 aliphatic heterocycles. The van der Waals surface area contributed by atoms with Crippen LogP contribution >= 0.6 is 0 Å². The normalized spacial score (nSPS) is 17.4. The van der Waals surface area contributed by atoms with Crippen molar-refractivity contribution in [2.45, 2.75) is 89.6 Å². The van der Waals surface area contributed by atoms with E-state index in [2.05, 4.69) is 30.3 Å². The largest absolute Gasteiger partial charge is 0.454 e. The average Bonchev–Trinajstić information content (AvgIpc) is 2.69. The third-order valence-electron chi connectivity index (χ3n) is 5.35. The van der Waals surface area contributed by atoms with Crippen LogP contribution in [-0.2, 0) is 20.7 Å². The zero-order chi connectivity index (χ0) is 20.0. The van der Waals surface area contributed by atoms with Crippen molar-refractivity contribution in [3.63, 3.8) is 0 Å². The molecule has 4 nitrogen and oxygen atoms in total. The molecule has 0 radical (unpaired) electrons. The van der Waals surface area contributed by atoms with E-state index in [0.29, 0.717) is 6.42 Å². The van der Waals surface area contributed by atoms with E-state index in [1.54, 1.807) is 0 Å². The Balaban J connectivity index is 1.44. The van der Waals surface area contributed by atoms with Gasteiger partial charge in [-0.25, -0.2) is 4.79 Å². The highest BCUT2D eigenvalue weighted by Gasteiger charge is 2.34. The summed E-state index contributed by atoms with van der Waals surface area (Å²) in [5, 5.41) is 0. The van der Waals surface area contributed by atoms with Crippen molar-refractivity contribution in [3.05, 3.63) is 47.5 Å². The smallest absolute Gasteiger partial charge is 0.338 e. The van der Waals surface area contributed by atoms with E-state index in [9.17, 15) is 9.59 Å². The molecule has 1 amide bonds. The summed E-state index contributed by atoms with van der Waals surface area (Å²) >= 11 is 0. The number of hydrogen-bond acceptors (Lipinski definition) is 3. The summed E-state index contributed by atoms with van der Waals surface area (Å²) in [7, 11) is 0. The highest BCUT2D eigenvalue weighted by atomic mass is 16.6. The number of carbonyl (C=O) groups is 2. The van der Waals surface area contributed by atoms with Gasteiger partial charge in [-0.15, -0.1) is 0 Å². The summed E-state index contributed by atoms with van der Waals surface area (Å²) in [6.07, 6.45) is 15.8. The van der Waals surface area contributed by atoms with Crippen molar-refractivity contribution in [1.82, 2.24) is 0 Å². The monoisotopic (exact) mass is 385 g/mol. The van der Waals surface area contributed by atoms with Gasteiger partial charge < -0.3 is 10.5 Å². The SMILES string of the molecule is NC(=O)CCCCC=C1C(=O)OC1CCCCCCCCCc1ccccc1. The van der Waals surface area contributed by atoms with Crippen LogP contribution in [0.4, 0.5) is 0 Å². The molecule has 154 valence electrons. The van der Waals surface area contributed by atoms with Crippen molar-refractivity contribution in [2.75, 3.05) is 0 Å². The highest BCUT2D eigenvalue weighted by Crippen LogP contribution is 2.27. The van der Waals surface area contributed by atoms with Crippen LogP contribution in [0, 0.1) is 0 Å². The van der Waals surface area contributed by atoms with Crippen molar-refractivity contribution in [2.24, 2.45) is 5.73 Å². The fraction of sp³-hybridized carbons (Fsp3) is 0.583. The molecule has 2 N–H and O–H groups in total. The number of nitrogens with two attached hydrogens (primary N) is 1. The van der Waals surface area contributed by atoms with Gasteiger partial charge in [-0.05, 0) is 50.5 Å². The lowest BCUT2D eigenvalue weighted by Gasteiger charge is -2.29. The second-order valence-electron chi connectivity index (χ2n) is 7.76.